The Hall–Kier alpha value is -0.990. The molecular weight excluding hydrogens is 424 g/mol. The minimum atomic E-state index is -1.70. The van der Waals surface area contributed by atoms with Gasteiger partial charge in [0.2, 0.25) is 0 Å². The average molecular weight is 465 g/mol. The summed E-state index contributed by atoms with van der Waals surface area (Å²) >= 11 is 0. The third-order valence-electron chi connectivity index (χ3n) is 10.9. The molecule has 4 N–H and O–H groups in total. The van der Waals surface area contributed by atoms with Gasteiger partial charge in [0.15, 0.2) is 12.4 Å². The molecule has 1 heterocycles. The molecule has 1 aliphatic heterocycles. The maximum absolute atomic E-state index is 11.5. The summed E-state index contributed by atoms with van der Waals surface area (Å²) in [6, 6.07) is 0. The highest BCUT2D eigenvalue weighted by Crippen LogP contribution is 2.68. The molecule has 1 saturated heterocycles. The number of hydrogen-bond donors (Lipinski definition) is 4. The van der Waals surface area contributed by atoms with Crippen molar-refractivity contribution in [3.8, 4) is 0 Å². The van der Waals surface area contributed by atoms with Crippen molar-refractivity contribution < 1.29 is 34.7 Å². The fraction of sp³-hybridized carbons (Fsp3) is 0.885. The molecule has 3 saturated carbocycles. The van der Waals surface area contributed by atoms with Crippen LogP contribution in [0.2, 0.25) is 0 Å². The van der Waals surface area contributed by atoms with Gasteiger partial charge in [-0.25, -0.2) is 4.79 Å². The van der Waals surface area contributed by atoms with Gasteiger partial charge in [-0.15, -0.1) is 0 Å². The average Bonchev–Trinajstić information content (AvgIpc) is 3.04. The van der Waals surface area contributed by atoms with Crippen molar-refractivity contribution in [3.05, 3.63) is 12.2 Å². The number of aliphatic carboxylic acids is 1. The number of fused-ring (bicyclic) bond motifs is 5. The van der Waals surface area contributed by atoms with Crippen molar-refractivity contribution in [2.75, 3.05) is 0 Å². The van der Waals surface area contributed by atoms with Gasteiger partial charge in [-0.05, 0) is 92.8 Å². The Bertz CT molecular complexity index is 814. The fourth-order valence-electron chi connectivity index (χ4n) is 8.66. The maximum atomic E-state index is 11.5. The normalized spacial score (nSPS) is 56.0. The lowest BCUT2D eigenvalue weighted by Crippen LogP contribution is -2.63. The number of carboxylic acids is 1. The van der Waals surface area contributed by atoms with Crippen LogP contribution >= 0.6 is 0 Å². The quantitative estimate of drug-likeness (QED) is 0.475. The van der Waals surface area contributed by atoms with E-state index in [1.165, 1.54) is 25.7 Å². The lowest BCUT2D eigenvalue weighted by molar-refractivity contribution is -0.332. The Morgan fingerprint density at radius 3 is 2.39 bits per heavy atom. The number of carbonyl (C=O) groups is 1. The number of aliphatic hydroxyl groups excluding tert-OH is 3. The molecule has 12 atom stereocenters. The predicted octanol–water partition coefficient (Wildman–Crippen LogP) is 2.86. The van der Waals surface area contributed by atoms with E-state index in [9.17, 15) is 25.2 Å². The van der Waals surface area contributed by atoms with Crippen LogP contribution in [0, 0.1) is 34.5 Å². The molecule has 0 aromatic carbocycles. The minimum Gasteiger partial charge on any atom is -0.479 e. The molecule has 0 spiro atoms. The van der Waals surface area contributed by atoms with Crippen molar-refractivity contribution >= 4 is 5.97 Å². The Morgan fingerprint density at radius 2 is 1.67 bits per heavy atom. The van der Waals surface area contributed by atoms with Gasteiger partial charge in [-0.1, -0.05) is 26.0 Å². The Kier molecular flexibility index (Phi) is 5.77. The van der Waals surface area contributed by atoms with E-state index in [2.05, 4.69) is 32.9 Å². The molecule has 0 radical (unpaired) electrons. The van der Waals surface area contributed by atoms with Crippen molar-refractivity contribution in [2.45, 2.75) is 108 Å². The molecule has 5 aliphatic rings. The number of rotatable bonds is 3. The van der Waals surface area contributed by atoms with Crippen LogP contribution in [0.4, 0.5) is 0 Å². The van der Waals surface area contributed by atoms with Gasteiger partial charge >= 0.3 is 5.97 Å². The highest BCUT2D eigenvalue weighted by Gasteiger charge is 2.65. The largest absolute Gasteiger partial charge is 0.479 e. The van der Waals surface area contributed by atoms with Gasteiger partial charge < -0.3 is 29.9 Å². The summed E-state index contributed by atoms with van der Waals surface area (Å²) in [7, 11) is 0. The zero-order chi connectivity index (χ0) is 23.8. The van der Waals surface area contributed by atoms with Gasteiger partial charge in [-0.3, -0.25) is 0 Å². The van der Waals surface area contributed by atoms with Crippen LogP contribution in [-0.4, -0.2) is 62.7 Å². The van der Waals surface area contributed by atoms with E-state index < -0.39 is 42.3 Å². The molecular formula is C26H40O7. The maximum Gasteiger partial charge on any atom is 0.335 e. The lowest BCUT2D eigenvalue weighted by atomic mass is 9.45. The van der Waals surface area contributed by atoms with Crippen LogP contribution in [0.25, 0.3) is 0 Å². The first kappa shape index (κ1) is 23.7. The highest BCUT2D eigenvalue weighted by atomic mass is 16.7. The highest BCUT2D eigenvalue weighted by molar-refractivity contribution is 5.73. The van der Waals surface area contributed by atoms with Crippen molar-refractivity contribution in [3.63, 3.8) is 0 Å². The van der Waals surface area contributed by atoms with Crippen LogP contribution in [0.3, 0.4) is 0 Å². The molecule has 0 amide bonds. The number of allylic oxidation sites excluding steroid dienone is 2. The first-order chi connectivity index (χ1) is 15.5. The summed E-state index contributed by atoms with van der Waals surface area (Å²) in [5.74, 6) is 1.28. The monoisotopic (exact) mass is 464 g/mol. The van der Waals surface area contributed by atoms with Crippen molar-refractivity contribution in [1.82, 2.24) is 0 Å². The van der Waals surface area contributed by atoms with Crippen LogP contribution < -0.4 is 0 Å². The second-order valence-corrected chi connectivity index (χ2v) is 12.1. The molecule has 4 fully saturated rings. The summed E-state index contributed by atoms with van der Waals surface area (Å²) in [6.07, 6.45) is 5.93. The Morgan fingerprint density at radius 1 is 0.939 bits per heavy atom. The number of ether oxygens (including phenoxy) is 2. The lowest BCUT2D eigenvalue weighted by Gasteiger charge is -2.61. The summed E-state index contributed by atoms with van der Waals surface area (Å²) < 4.78 is 11.9. The van der Waals surface area contributed by atoms with Gasteiger partial charge in [-0.2, -0.15) is 0 Å². The van der Waals surface area contributed by atoms with Crippen molar-refractivity contribution in [1.29, 1.82) is 0 Å². The van der Waals surface area contributed by atoms with E-state index >= 15 is 0 Å². The van der Waals surface area contributed by atoms with Crippen LogP contribution in [0.5, 0.6) is 0 Å². The molecule has 1 unspecified atom stereocenters. The molecule has 4 aliphatic carbocycles. The fourth-order valence-corrected chi connectivity index (χ4v) is 8.66. The van der Waals surface area contributed by atoms with E-state index in [1.54, 1.807) is 0 Å². The third-order valence-corrected chi connectivity index (χ3v) is 10.9. The van der Waals surface area contributed by atoms with Crippen LogP contribution in [0.15, 0.2) is 12.2 Å². The zero-order valence-corrected chi connectivity index (χ0v) is 20.0. The number of carboxylic acid groups (broad SMARTS) is 1. The van der Waals surface area contributed by atoms with Gasteiger partial charge in [0, 0.05) is 0 Å². The first-order valence-electron chi connectivity index (χ1n) is 12.8. The first-order valence-corrected chi connectivity index (χ1v) is 12.8. The number of hydrogen-bond acceptors (Lipinski definition) is 6. The molecule has 5 rings (SSSR count). The van der Waals surface area contributed by atoms with Gasteiger partial charge in [0.1, 0.15) is 18.3 Å². The smallest absolute Gasteiger partial charge is 0.335 e. The molecule has 186 valence electrons. The van der Waals surface area contributed by atoms with Crippen molar-refractivity contribution in [2.24, 2.45) is 34.5 Å². The van der Waals surface area contributed by atoms with E-state index in [0.717, 1.165) is 31.6 Å². The molecule has 7 heteroatoms. The second-order valence-electron chi connectivity index (χ2n) is 12.1. The van der Waals surface area contributed by atoms with Crippen LogP contribution in [0.1, 0.15) is 72.1 Å². The molecule has 7 nitrogen and oxygen atoms in total. The zero-order valence-electron chi connectivity index (χ0n) is 20.0. The molecule has 0 aromatic rings. The predicted molar refractivity (Wildman–Crippen MR) is 120 cm³/mol. The SMILES string of the molecule is C[C@]12CC=CC[C@@H]1CC[C@@H]1[C@@H]2CC[C@@]2(C)[C@H]1CC[C@]2(C)O[C@@H]1O[C@H](C(=O)O)[C@@H](O)[C@H](O)C1O. The number of aliphatic hydroxyl groups is 3. The molecule has 0 aromatic heterocycles. The van der Waals surface area contributed by atoms with E-state index in [4.69, 9.17) is 9.47 Å². The Labute approximate surface area is 196 Å². The van der Waals surface area contributed by atoms with E-state index in [1.807, 2.05) is 0 Å². The third kappa shape index (κ3) is 3.37. The minimum absolute atomic E-state index is 0.120. The summed E-state index contributed by atoms with van der Waals surface area (Å²) in [4.78, 5) is 11.5. The Balaban J connectivity index is 1.37. The molecule has 33 heavy (non-hydrogen) atoms. The van der Waals surface area contributed by atoms with Crippen LogP contribution in [-0.2, 0) is 14.3 Å². The second kappa shape index (κ2) is 8.02. The topological polar surface area (TPSA) is 116 Å². The van der Waals surface area contributed by atoms with E-state index in [-0.39, 0.29) is 5.41 Å². The van der Waals surface area contributed by atoms with E-state index in [0.29, 0.717) is 23.2 Å². The summed E-state index contributed by atoms with van der Waals surface area (Å²) in [5.41, 5.74) is -0.356. The van der Waals surface area contributed by atoms with Gasteiger partial charge in [0.25, 0.3) is 0 Å². The standard InChI is InChI=1S/C26H40O7/c1-24-11-5-4-6-14(24)7-8-15-16(24)9-12-25(2)17(15)10-13-26(25,3)33-23-20(29)18(27)19(28)21(32-23)22(30)31/h4-5,14-21,23,27-29H,6-13H2,1-3H3,(H,30,31)/t14-,15-,16+,17+,18+,19+,20?,21+,23+,24+,25+,26+/m1/s1. The summed E-state index contributed by atoms with van der Waals surface area (Å²) in [5, 5.41) is 40.2. The molecule has 0 bridgehead atoms. The van der Waals surface area contributed by atoms with Gasteiger partial charge in [0.05, 0.1) is 5.60 Å². The summed E-state index contributed by atoms with van der Waals surface area (Å²) in [6.45, 7) is 6.87.